The molecule has 0 aliphatic rings. The van der Waals surface area contributed by atoms with Crippen molar-refractivity contribution in [3.8, 4) is 11.5 Å². The Morgan fingerprint density at radius 1 is 0.743 bits per heavy atom. The summed E-state index contributed by atoms with van der Waals surface area (Å²) in [7, 11) is 0. The Labute approximate surface area is 212 Å². The van der Waals surface area contributed by atoms with Crippen LogP contribution in [0, 0.1) is 0 Å². The highest BCUT2D eigenvalue weighted by Crippen LogP contribution is 2.31. The molecule has 1 N–H and O–H groups in total. The summed E-state index contributed by atoms with van der Waals surface area (Å²) in [6, 6.07) is 21.0. The van der Waals surface area contributed by atoms with Crippen LogP contribution in [0.5, 0.6) is 11.5 Å². The molecule has 0 spiro atoms. The van der Waals surface area contributed by atoms with Gasteiger partial charge in [0.2, 0.25) is 0 Å². The number of Topliss-reactive ketones (excluding diaryl/α,β-unsaturated/α-hetero) is 1. The van der Waals surface area contributed by atoms with E-state index in [-0.39, 0.29) is 35.2 Å². The third kappa shape index (κ3) is 7.77. The summed E-state index contributed by atoms with van der Waals surface area (Å²) in [5.41, 5.74) is 0.771. The minimum atomic E-state index is -0.623. The van der Waals surface area contributed by atoms with E-state index in [0.29, 0.717) is 23.1 Å². The van der Waals surface area contributed by atoms with Crippen molar-refractivity contribution in [2.24, 2.45) is 0 Å². The van der Waals surface area contributed by atoms with Crippen LogP contribution in [0.1, 0.15) is 65.2 Å². The maximum Gasteiger partial charge on any atom is 0.343 e. The zero-order valence-corrected chi connectivity index (χ0v) is 21.1. The van der Waals surface area contributed by atoms with Gasteiger partial charge in [0.1, 0.15) is 0 Å². The van der Waals surface area contributed by atoms with E-state index in [2.05, 4.69) is 5.32 Å². The number of ketones is 1. The van der Waals surface area contributed by atoms with Crippen LogP contribution in [0.15, 0.2) is 78.9 Å². The fourth-order valence-corrected chi connectivity index (χ4v) is 3.37. The van der Waals surface area contributed by atoms with Crippen molar-refractivity contribution >= 4 is 30.1 Å². The third-order valence-electron chi connectivity index (χ3n) is 4.98. The van der Waals surface area contributed by atoms with Crippen molar-refractivity contribution < 1.29 is 23.9 Å². The molecule has 7 heteroatoms. The molecule has 0 aliphatic carbocycles. The SMILES string of the molecule is CCC(NC(C)(C)C)C(=O)c1ccc(OC(=O)c2ccccc2)c(OC(=O)c2ccccc2)c1.Cl. The first-order valence-corrected chi connectivity index (χ1v) is 11.2. The van der Waals surface area contributed by atoms with Crippen LogP contribution in [0.25, 0.3) is 0 Å². The second-order valence-corrected chi connectivity index (χ2v) is 8.89. The van der Waals surface area contributed by atoms with Crippen molar-refractivity contribution in [1.82, 2.24) is 5.32 Å². The average Bonchev–Trinajstić information content (AvgIpc) is 2.83. The van der Waals surface area contributed by atoms with Crippen LogP contribution in [0.4, 0.5) is 0 Å². The molecule has 0 aromatic heterocycles. The number of halogens is 1. The topological polar surface area (TPSA) is 81.7 Å². The van der Waals surface area contributed by atoms with Gasteiger partial charge >= 0.3 is 11.9 Å². The molecule has 1 unspecified atom stereocenters. The van der Waals surface area contributed by atoms with E-state index in [1.165, 1.54) is 12.1 Å². The maximum atomic E-state index is 13.2. The molecule has 184 valence electrons. The summed E-state index contributed by atoms with van der Waals surface area (Å²) in [5.74, 6) is -1.32. The van der Waals surface area contributed by atoms with Crippen molar-refractivity contribution in [2.45, 2.75) is 45.7 Å². The highest BCUT2D eigenvalue weighted by molar-refractivity contribution is 6.01. The molecule has 3 rings (SSSR count). The molecule has 0 saturated carbocycles. The summed E-state index contributed by atoms with van der Waals surface area (Å²) in [6.07, 6.45) is 0.583. The smallest absolute Gasteiger partial charge is 0.343 e. The molecule has 3 aromatic carbocycles. The van der Waals surface area contributed by atoms with Crippen LogP contribution < -0.4 is 14.8 Å². The average molecular weight is 496 g/mol. The number of nitrogens with one attached hydrogen (secondary N) is 1. The van der Waals surface area contributed by atoms with Crippen molar-refractivity contribution in [3.63, 3.8) is 0 Å². The molecule has 0 amide bonds. The fourth-order valence-electron chi connectivity index (χ4n) is 3.37. The number of hydrogen-bond donors (Lipinski definition) is 1. The van der Waals surface area contributed by atoms with Gasteiger partial charge in [-0.3, -0.25) is 4.79 Å². The minimum Gasteiger partial charge on any atom is -0.419 e. The zero-order valence-electron chi connectivity index (χ0n) is 20.2. The molecular formula is C28H30ClNO5. The van der Waals surface area contributed by atoms with Gasteiger partial charge in [0.15, 0.2) is 17.3 Å². The van der Waals surface area contributed by atoms with Crippen LogP contribution in [-0.4, -0.2) is 29.3 Å². The van der Waals surface area contributed by atoms with E-state index >= 15 is 0 Å². The third-order valence-corrected chi connectivity index (χ3v) is 4.98. The van der Waals surface area contributed by atoms with E-state index in [4.69, 9.17) is 9.47 Å². The largest absolute Gasteiger partial charge is 0.419 e. The van der Waals surface area contributed by atoms with Crippen molar-refractivity contribution in [3.05, 3.63) is 95.6 Å². The van der Waals surface area contributed by atoms with E-state index in [9.17, 15) is 14.4 Å². The second kappa shape index (κ2) is 12.3. The molecule has 0 heterocycles. The van der Waals surface area contributed by atoms with E-state index < -0.39 is 18.0 Å². The van der Waals surface area contributed by atoms with Gasteiger partial charge in [-0.25, -0.2) is 9.59 Å². The number of hydrogen-bond acceptors (Lipinski definition) is 6. The molecule has 1 atom stereocenters. The van der Waals surface area contributed by atoms with Gasteiger partial charge in [0.05, 0.1) is 17.2 Å². The fraction of sp³-hybridized carbons (Fsp3) is 0.250. The van der Waals surface area contributed by atoms with Gasteiger partial charge in [0, 0.05) is 11.1 Å². The molecule has 0 fully saturated rings. The molecule has 35 heavy (non-hydrogen) atoms. The number of carbonyl (C=O) groups is 3. The lowest BCUT2D eigenvalue weighted by Gasteiger charge is -2.27. The summed E-state index contributed by atoms with van der Waals surface area (Å²) in [4.78, 5) is 38.5. The Hall–Kier alpha value is -3.48. The Kier molecular flexibility index (Phi) is 9.75. The maximum absolute atomic E-state index is 13.2. The Bertz CT molecular complexity index is 1160. The molecule has 0 aliphatic heterocycles. The Morgan fingerprint density at radius 3 is 1.69 bits per heavy atom. The highest BCUT2D eigenvalue weighted by Gasteiger charge is 2.25. The van der Waals surface area contributed by atoms with Crippen molar-refractivity contribution in [2.75, 3.05) is 0 Å². The number of ether oxygens (including phenoxy) is 2. The molecule has 3 aromatic rings. The van der Waals surface area contributed by atoms with Crippen molar-refractivity contribution in [1.29, 1.82) is 0 Å². The lowest BCUT2D eigenvalue weighted by atomic mass is 9.98. The summed E-state index contributed by atoms with van der Waals surface area (Å²) < 4.78 is 11.1. The first-order valence-electron chi connectivity index (χ1n) is 11.2. The Balaban J connectivity index is 0.00000432. The standard InChI is InChI=1S/C28H29NO5.ClH/c1-5-22(29-28(2,3)4)25(30)21-16-17-23(33-26(31)19-12-8-6-9-13-19)24(18-21)34-27(32)20-14-10-7-11-15-20;/h6-18,22,29H,5H2,1-4H3;1H. The van der Waals surface area contributed by atoms with Crippen LogP contribution in [-0.2, 0) is 0 Å². The molecule has 0 saturated heterocycles. The normalized spacial score (nSPS) is 11.7. The van der Waals surface area contributed by atoms with E-state index in [0.717, 1.165) is 0 Å². The van der Waals surface area contributed by atoms with Crippen LogP contribution >= 0.6 is 12.4 Å². The van der Waals surface area contributed by atoms with Gasteiger partial charge in [-0.15, -0.1) is 12.4 Å². The molecule has 6 nitrogen and oxygen atoms in total. The number of esters is 2. The number of carbonyl (C=O) groups excluding carboxylic acids is 3. The van der Waals surface area contributed by atoms with Gasteiger partial charge in [0.25, 0.3) is 0 Å². The van der Waals surface area contributed by atoms with E-state index in [1.54, 1.807) is 66.7 Å². The van der Waals surface area contributed by atoms with Gasteiger partial charge < -0.3 is 14.8 Å². The molecule has 0 bridgehead atoms. The second-order valence-electron chi connectivity index (χ2n) is 8.89. The number of rotatable bonds is 8. The Morgan fingerprint density at radius 2 is 1.23 bits per heavy atom. The van der Waals surface area contributed by atoms with E-state index in [1.807, 2.05) is 27.7 Å². The monoisotopic (exact) mass is 495 g/mol. The first-order chi connectivity index (χ1) is 16.2. The lowest BCUT2D eigenvalue weighted by Crippen LogP contribution is -2.47. The lowest BCUT2D eigenvalue weighted by molar-refractivity contribution is 0.0682. The van der Waals surface area contributed by atoms with Crippen LogP contribution in [0.3, 0.4) is 0 Å². The summed E-state index contributed by atoms with van der Waals surface area (Å²) >= 11 is 0. The van der Waals surface area contributed by atoms with Crippen LogP contribution in [0.2, 0.25) is 0 Å². The summed E-state index contributed by atoms with van der Waals surface area (Å²) in [6.45, 7) is 7.89. The quantitative estimate of drug-likeness (QED) is 0.238. The molecule has 0 radical (unpaired) electrons. The zero-order chi connectivity index (χ0) is 24.7. The van der Waals surface area contributed by atoms with Gasteiger partial charge in [-0.05, 0) is 69.7 Å². The first kappa shape index (κ1) is 27.8. The highest BCUT2D eigenvalue weighted by atomic mass is 35.5. The number of benzene rings is 3. The van der Waals surface area contributed by atoms with Gasteiger partial charge in [-0.2, -0.15) is 0 Å². The molecular weight excluding hydrogens is 466 g/mol. The predicted molar refractivity (Wildman–Crippen MR) is 138 cm³/mol. The van der Waals surface area contributed by atoms with Gasteiger partial charge in [-0.1, -0.05) is 43.3 Å². The summed E-state index contributed by atoms with van der Waals surface area (Å²) in [5, 5.41) is 3.32. The minimum absolute atomic E-state index is 0. The predicted octanol–water partition coefficient (Wildman–Crippen LogP) is 5.90.